The Morgan fingerprint density at radius 2 is 1.18 bits per heavy atom. The first-order chi connectivity index (χ1) is 7.86. The third-order valence-electron chi connectivity index (χ3n) is 1.41. The molecule has 1 N–H and O–H groups in total. The van der Waals surface area contributed by atoms with Gasteiger partial charge in [-0.1, -0.05) is 38.3 Å². The fourth-order valence-corrected chi connectivity index (χ4v) is 2.85. The Kier molecular flexibility index (Phi) is 15.0. The largest absolute Gasteiger partial charge is 0.363 e. The maximum absolute atomic E-state index is 5.07. The van der Waals surface area contributed by atoms with Crippen molar-refractivity contribution in [3.8, 4) is 0 Å². The molecule has 0 aliphatic rings. The van der Waals surface area contributed by atoms with Gasteiger partial charge in [-0.05, 0) is 34.7 Å². The van der Waals surface area contributed by atoms with Crippen LogP contribution in [0.3, 0.4) is 0 Å². The lowest BCUT2D eigenvalue weighted by Crippen LogP contribution is -2.18. The number of hydrogen-bond acceptors (Lipinski definition) is 5. The van der Waals surface area contributed by atoms with Gasteiger partial charge >= 0.3 is 0 Å². The second-order valence-corrected chi connectivity index (χ2v) is 6.84. The Morgan fingerprint density at radius 1 is 0.882 bits per heavy atom. The zero-order valence-corrected chi connectivity index (χ0v) is 14.7. The minimum Gasteiger partial charge on any atom is -0.363 e. The van der Waals surface area contributed by atoms with Crippen molar-refractivity contribution in [3.05, 3.63) is 0 Å². The summed E-state index contributed by atoms with van der Waals surface area (Å²) < 4.78 is 1.67. The summed E-state index contributed by atoms with van der Waals surface area (Å²) in [6.07, 6.45) is 0. The van der Waals surface area contributed by atoms with Crippen molar-refractivity contribution in [1.82, 2.24) is 15.1 Å². The molecule has 0 radical (unpaired) electrons. The lowest BCUT2D eigenvalue weighted by Gasteiger charge is -2.15. The standard InChI is InChI=1S/C6H12N2S4.C4H11N/c1-7(2)5(9)11-12-6(10)8(3)4;1-3-5-4-2/h1-4H3;5H,3-4H2,1-2H3. The van der Waals surface area contributed by atoms with Gasteiger partial charge in [0.05, 0.1) is 0 Å². The molecule has 0 bridgehead atoms. The molecule has 0 spiro atoms. The van der Waals surface area contributed by atoms with Gasteiger partial charge in [0.1, 0.15) is 8.64 Å². The van der Waals surface area contributed by atoms with E-state index in [1.54, 1.807) is 0 Å². The van der Waals surface area contributed by atoms with Gasteiger partial charge in [-0.15, -0.1) is 0 Å². The van der Waals surface area contributed by atoms with Crippen LogP contribution in [0, 0.1) is 0 Å². The number of nitrogens with one attached hydrogen (secondary N) is 1. The molecule has 0 atom stereocenters. The second kappa shape index (κ2) is 12.9. The molecule has 0 fully saturated rings. The average molecular weight is 314 g/mol. The molecule has 0 aromatic rings. The Bertz CT molecular complexity index is 198. The van der Waals surface area contributed by atoms with E-state index in [-0.39, 0.29) is 0 Å². The Morgan fingerprint density at radius 3 is 1.29 bits per heavy atom. The molecule has 3 nitrogen and oxygen atoms in total. The lowest BCUT2D eigenvalue weighted by molar-refractivity contribution is 0.647. The minimum atomic E-state index is 0.837. The van der Waals surface area contributed by atoms with Gasteiger partial charge in [0.15, 0.2) is 0 Å². The fourth-order valence-electron chi connectivity index (χ4n) is 0.470. The molecule has 0 unspecified atom stereocenters. The van der Waals surface area contributed by atoms with Crippen LogP contribution in [0.1, 0.15) is 13.8 Å². The lowest BCUT2D eigenvalue weighted by atomic mass is 10.7. The topological polar surface area (TPSA) is 18.5 Å². The Balaban J connectivity index is 0. The van der Waals surface area contributed by atoms with E-state index in [2.05, 4.69) is 19.2 Å². The number of nitrogens with zero attached hydrogens (tertiary/aromatic N) is 2. The quantitative estimate of drug-likeness (QED) is 0.616. The van der Waals surface area contributed by atoms with E-state index in [0.29, 0.717) is 0 Å². The molecule has 0 amide bonds. The van der Waals surface area contributed by atoms with Crippen LogP contribution in [0.4, 0.5) is 0 Å². The highest BCUT2D eigenvalue weighted by molar-refractivity contribution is 8.89. The summed E-state index contributed by atoms with van der Waals surface area (Å²) in [5.41, 5.74) is 0. The molecular weight excluding hydrogens is 290 g/mol. The van der Waals surface area contributed by atoms with Gasteiger partial charge in [0.2, 0.25) is 0 Å². The summed E-state index contributed by atoms with van der Waals surface area (Å²) in [5.74, 6) is 0. The molecular formula is C10H23N3S4. The van der Waals surface area contributed by atoms with Crippen LogP contribution in [0.5, 0.6) is 0 Å². The van der Waals surface area contributed by atoms with E-state index in [4.69, 9.17) is 24.4 Å². The van der Waals surface area contributed by atoms with Crippen molar-refractivity contribution >= 4 is 54.7 Å². The second-order valence-electron chi connectivity index (χ2n) is 3.44. The van der Waals surface area contributed by atoms with Crippen molar-refractivity contribution in [2.75, 3.05) is 41.3 Å². The molecule has 0 rings (SSSR count). The fraction of sp³-hybridized carbons (Fsp3) is 0.800. The highest BCUT2D eigenvalue weighted by Crippen LogP contribution is 2.26. The molecule has 0 heterocycles. The van der Waals surface area contributed by atoms with Crippen molar-refractivity contribution in [2.45, 2.75) is 13.8 Å². The van der Waals surface area contributed by atoms with E-state index in [9.17, 15) is 0 Å². The van der Waals surface area contributed by atoms with Crippen LogP contribution in [-0.4, -0.2) is 59.7 Å². The smallest absolute Gasteiger partial charge is 0.146 e. The SMILES string of the molecule is CCNCC.CN(C)C(=S)SSC(=S)N(C)C. The van der Waals surface area contributed by atoms with Crippen LogP contribution < -0.4 is 5.32 Å². The van der Waals surface area contributed by atoms with Crippen LogP contribution in [0.25, 0.3) is 0 Å². The number of hydrogen-bond donors (Lipinski definition) is 1. The van der Waals surface area contributed by atoms with Gasteiger partial charge in [-0.25, -0.2) is 0 Å². The van der Waals surface area contributed by atoms with Gasteiger partial charge in [0.25, 0.3) is 0 Å². The van der Waals surface area contributed by atoms with Crippen LogP contribution in [0.2, 0.25) is 0 Å². The van der Waals surface area contributed by atoms with Crippen molar-refractivity contribution < 1.29 is 0 Å². The highest BCUT2D eigenvalue weighted by Gasteiger charge is 2.04. The molecule has 0 aliphatic heterocycles. The zero-order chi connectivity index (χ0) is 13.8. The van der Waals surface area contributed by atoms with Gasteiger partial charge in [0, 0.05) is 28.2 Å². The highest BCUT2D eigenvalue weighted by atomic mass is 33.1. The summed E-state index contributed by atoms with van der Waals surface area (Å²) in [5, 5.41) is 3.11. The molecule has 0 saturated heterocycles. The third-order valence-corrected chi connectivity index (χ3v) is 5.57. The van der Waals surface area contributed by atoms with Crippen LogP contribution >= 0.6 is 46.0 Å². The summed E-state index contributed by atoms with van der Waals surface area (Å²) in [6.45, 7) is 6.39. The molecule has 0 saturated carbocycles. The third kappa shape index (κ3) is 14.4. The maximum atomic E-state index is 5.07. The van der Waals surface area contributed by atoms with Crippen LogP contribution in [-0.2, 0) is 0 Å². The van der Waals surface area contributed by atoms with E-state index in [1.807, 2.05) is 38.0 Å². The van der Waals surface area contributed by atoms with E-state index in [0.717, 1.165) is 21.7 Å². The number of rotatable bonds is 2. The Labute approximate surface area is 124 Å². The van der Waals surface area contributed by atoms with Gasteiger partial charge in [-0.3, -0.25) is 0 Å². The molecule has 0 aliphatic carbocycles. The molecule has 0 aromatic heterocycles. The molecule has 17 heavy (non-hydrogen) atoms. The molecule has 7 heteroatoms. The zero-order valence-electron chi connectivity index (χ0n) is 11.4. The Hall–Kier alpha value is 0.440. The normalized spacial score (nSPS) is 9.06. The minimum absolute atomic E-state index is 0.837. The average Bonchev–Trinajstić information content (AvgIpc) is 2.26. The number of thiocarbonyl (C=S) groups is 2. The maximum Gasteiger partial charge on any atom is 0.146 e. The van der Waals surface area contributed by atoms with Gasteiger partial charge < -0.3 is 15.1 Å². The first-order valence-electron chi connectivity index (χ1n) is 5.34. The first-order valence-corrected chi connectivity index (χ1v) is 8.31. The van der Waals surface area contributed by atoms with Crippen LogP contribution in [0.15, 0.2) is 0 Å². The predicted octanol–water partition coefficient (Wildman–Crippen LogP) is 2.68. The van der Waals surface area contributed by atoms with Crippen molar-refractivity contribution in [3.63, 3.8) is 0 Å². The van der Waals surface area contributed by atoms with E-state index in [1.165, 1.54) is 21.6 Å². The predicted molar refractivity (Wildman–Crippen MR) is 92.0 cm³/mol. The monoisotopic (exact) mass is 313 g/mol. The first kappa shape index (κ1) is 19.8. The van der Waals surface area contributed by atoms with E-state index >= 15 is 0 Å². The van der Waals surface area contributed by atoms with Crippen molar-refractivity contribution in [2.24, 2.45) is 0 Å². The summed E-state index contributed by atoms with van der Waals surface area (Å²) >= 11 is 10.1. The molecule has 102 valence electrons. The summed E-state index contributed by atoms with van der Waals surface area (Å²) in [7, 11) is 10.7. The van der Waals surface area contributed by atoms with Crippen molar-refractivity contribution in [1.29, 1.82) is 0 Å². The summed E-state index contributed by atoms with van der Waals surface area (Å²) in [4.78, 5) is 3.79. The summed E-state index contributed by atoms with van der Waals surface area (Å²) in [6, 6.07) is 0. The van der Waals surface area contributed by atoms with Gasteiger partial charge in [-0.2, -0.15) is 0 Å². The van der Waals surface area contributed by atoms with E-state index < -0.39 is 0 Å². The molecule has 0 aromatic carbocycles.